The van der Waals surface area contributed by atoms with Crippen molar-refractivity contribution in [3.63, 3.8) is 0 Å². The molecule has 2 N–H and O–H groups in total. The van der Waals surface area contributed by atoms with Crippen LogP contribution in [0, 0.1) is 5.92 Å². The van der Waals surface area contributed by atoms with Crippen LogP contribution in [0.4, 0.5) is 0 Å². The van der Waals surface area contributed by atoms with Crippen LogP contribution in [0.2, 0.25) is 0 Å². The summed E-state index contributed by atoms with van der Waals surface area (Å²) >= 11 is 0. The minimum absolute atomic E-state index is 0.00650. The Hall–Kier alpha value is -2.04. The van der Waals surface area contributed by atoms with Gasteiger partial charge < -0.3 is 19.7 Å². The number of carbonyl (C=O) groups is 2. The molecule has 1 aromatic rings. The van der Waals surface area contributed by atoms with Crippen molar-refractivity contribution in [1.29, 1.82) is 0 Å². The third-order valence-corrected chi connectivity index (χ3v) is 2.73. The molecule has 0 radical (unpaired) electrons. The number of phenolic OH excluding ortho intramolecular Hbond substituents is 2. The molecule has 0 aliphatic carbocycles. The fourth-order valence-corrected chi connectivity index (χ4v) is 1.70. The van der Waals surface area contributed by atoms with Crippen molar-refractivity contribution in [1.82, 2.24) is 0 Å². The van der Waals surface area contributed by atoms with Crippen LogP contribution in [0.5, 0.6) is 17.2 Å². The second kappa shape index (κ2) is 6.78. The molecular weight excluding hydrogens is 248 g/mol. The lowest BCUT2D eigenvalue weighted by molar-refractivity contribution is -0.134. The zero-order valence-electron chi connectivity index (χ0n) is 11.0. The van der Waals surface area contributed by atoms with Gasteiger partial charge in [0, 0.05) is 30.5 Å². The number of hydrogen-bond donors (Lipinski definition) is 2. The Labute approximate surface area is 111 Å². The van der Waals surface area contributed by atoms with E-state index in [1.807, 2.05) is 6.92 Å². The van der Waals surface area contributed by atoms with Crippen molar-refractivity contribution in [2.45, 2.75) is 33.1 Å². The molecule has 0 amide bonds. The molecule has 19 heavy (non-hydrogen) atoms. The van der Waals surface area contributed by atoms with Gasteiger partial charge in [0.2, 0.25) is 0 Å². The molecule has 0 heterocycles. The number of aldehydes is 1. The maximum atomic E-state index is 11.3. The monoisotopic (exact) mass is 266 g/mol. The normalized spacial score (nSPS) is 11.9. The molecule has 0 aromatic heterocycles. The summed E-state index contributed by atoms with van der Waals surface area (Å²) in [6.45, 7) is 3.51. The molecule has 0 fully saturated rings. The zero-order chi connectivity index (χ0) is 14.4. The Morgan fingerprint density at radius 2 is 2.11 bits per heavy atom. The summed E-state index contributed by atoms with van der Waals surface area (Å²) in [6, 6.07) is 2.47. The average molecular weight is 266 g/mol. The third kappa shape index (κ3) is 4.28. The Bertz CT molecular complexity index is 467. The zero-order valence-corrected chi connectivity index (χ0v) is 11.0. The molecule has 0 aliphatic rings. The van der Waals surface area contributed by atoms with E-state index in [1.165, 1.54) is 12.1 Å². The molecule has 5 nitrogen and oxygen atoms in total. The van der Waals surface area contributed by atoms with Crippen molar-refractivity contribution >= 4 is 12.3 Å². The van der Waals surface area contributed by atoms with E-state index in [4.69, 9.17) is 4.74 Å². The number of carbonyl (C=O) groups excluding carboxylic acids is 2. The minimum atomic E-state index is -0.450. The van der Waals surface area contributed by atoms with E-state index in [-0.39, 0.29) is 29.6 Å². The summed E-state index contributed by atoms with van der Waals surface area (Å²) in [4.78, 5) is 21.8. The number of aromatic hydroxyl groups is 2. The van der Waals surface area contributed by atoms with Gasteiger partial charge >= 0.3 is 5.97 Å². The first-order valence-corrected chi connectivity index (χ1v) is 6.17. The van der Waals surface area contributed by atoms with Crippen LogP contribution in [-0.2, 0) is 16.0 Å². The predicted octanol–water partition coefficient (Wildman–Crippen LogP) is 2.18. The van der Waals surface area contributed by atoms with Gasteiger partial charge in [-0.2, -0.15) is 0 Å². The number of hydrogen-bond acceptors (Lipinski definition) is 5. The van der Waals surface area contributed by atoms with Gasteiger partial charge in [0.25, 0.3) is 0 Å². The lowest BCUT2D eigenvalue weighted by Crippen LogP contribution is -2.09. The third-order valence-electron chi connectivity index (χ3n) is 2.73. The van der Waals surface area contributed by atoms with Crippen molar-refractivity contribution < 1.29 is 24.5 Å². The van der Waals surface area contributed by atoms with Crippen LogP contribution >= 0.6 is 0 Å². The molecule has 1 rings (SSSR count). The molecule has 5 heteroatoms. The molecule has 0 bridgehead atoms. The lowest BCUT2D eigenvalue weighted by atomic mass is 9.97. The molecule has 0 aliphatic heterocycles. The standard InChI is InChI=1S/C14H18O5/c1-3-14(18)19-13-8-10(16)7-12(17)11(13)6-9(2)4-5-15/h5,7-9,16-17H,3-4,6H2,1-2H3. The largest absolute Gasteiger partial charge is 0.508 e. The van der Waals surface area contributed by atoms with E-state index in [2.05, 4.69) is 0 Å². The fraction of sp³-hybridized carbons (Fsp3) is 0.429. The van der Waals surface area contributed by atoms with E-state index in [1.54, 1.807) is 6.92 Å². The van der Waals surface area contributed by atoms with Crippen LogP contribution in [0.25, 0.3) is 0 Å². The van der Waals surface area contributed by atoms with E-state index in [0.29, 0.717) is 18.4 Å². The quantitative estimate of drug-likeness (QED) is 0.468. The SMILES string of the molecule is CCC(=O)Oc1cc(O)cc(O)c1CC(C)CC=O. The highest BCUT2D eigenvalue weighted by atomic mass is 16.5. The highest BCUT2D eigenvalue weighted by Crippen LogP contribution is 2.35. The van der Waals surface area contributed by atoms with Crippen LogP contribution in [0.3, 0.4) is 0 Å². The highest BCUT2D eigenvalue weighted by Gasteiger charge is 2.16. The van der Waals surface area contributed by atoms with E-state index in [9.17, 15) is 19.8 Å². The maximum absolute atomic E-state index is 11.3. The Balaban J connectivity index is 3.05. The van der Waals surface area contributed by atoms with Gasteiger partial charge in [-0.3, -0.25) is 4.79 Å². The summed E-state index contributed by atoms with van der Waals surface area (Å²) in [5.41, 5.74) is 0.425. The molecular formula is C14H18O5. The smallest absolute Gasteiger partial charge is 0.310 e. The summed E-state index contributed by atoms with van der Waals surface area (Å²) in [6.07, 6.45) is 1.73. The van der Waals surface area contributed by atoms with Crippen molar-refractivity contribution in [3.8, 4) is 17.2 Å². The van der Waals surface area contributed by atoms with Gasteiger partial charge in [-0.1, -0.05) is 13.8 Å². The minimum Gasteiger partial charge on any atom is -0.508 e. The molecule has 0 spiro atoms. The molecule has 1 aromatic carbocycles. The van der Waals surface area contributed by atoms with Gasteiger partial charge in [0.15, 0.2) is 0 Å². The van der Waals surface area contributed by atoms with Crippen LogP contribution < -0.4 is 4.74 Å². The molecule has 1 atom stereocenters. The highest BCUT2D eigenvalue weighted by molar-refractivity contribution is 5.73. The van der Waals surface area contributed by atoms with E-state index in [0.717, 1.165) is 6.29 Å². The summed E-state index contributed by atoms with van der Waals surface area (Å²) in [7, 11) is 0. The van der Waals surface area contributed by atoms with Crippen molar-refractivity contribution in [2.75, 3.05) is 0 Å². The van der Waals surface area contributed by atoms with Crippen molar-refractivity contribution in [3.05, 3.63) is 17.7 Å². The van der Waals surface area contributed by atoms with Gasteiger partial charge in [-0.25, -0.2) is 0 Å². The first-order chi connectivity index (χ1) is 8.97. The van der Waals surface area contributed by atoms with Gasteiger partial charge in [0.05, 0.1) is 0 Å². The lowest BCUT2D eigenvalue weighted by Gasteiger charge is -2.14. The predicted molar refractivity (Wildman–Crippen MR) is 69.2 cm³/mol. The van der Waals surface area contributed by atoms with Gasteiger partial charge in [-0.15, -0.1) is 0 Å². The van der Waals surface area contributed by atoms with Crippen LogP contribution in [-0.4, -0.2) is 22.5 Å². The van der Waals surface area contributed by atoms with Crippen LogP contribution in [0.15, 0.2) is 12.1 Å². The maximum Gasteiger partial charge on any atom is 0.310 e. The van der Waals surface area contributed by atoms with E-state index >= 15 is 0 Å². The summed E-state index contributed by atoms with van der Waals surface area (Å²) < 4.78 is 5.09. The topological polar surface area (TPSA) is 83.8 Å². The first-order valence-electron chi connectivity index (χ1n) is 6.17. The number of phenols is 2. The molecule has 0 saturated heterocycles. The van der Waals surface area contributed by atoms with E-state index < -0.39 is 5.97 Å². The summed E-state index contributed by atoms with van der Waals surface area (Å²) in [5, 5.41) is 19.3. The summed E-state index contributed by atoms with van der Waals surface area (Å²) in [5.74, 6) is -0.622. The first kappa shape index (κ1) is 15.0. The fourth-order valence-electron chi connectivity index (χ4n) is 1.70. The number of benzene rings is 1. The Morgan fingerprint density at radius 3 is 2.68 bits per heavy atom. The van der Waals surface area contributed by atoms with Crippen molar-refractivity contribution in [2.24, 2.45) is 5.92 Å². The average Bonchev–Trinajstić information content (AvgIpc) is 2.33. The second-order valence-electron chi connectivity index (χ2n) is 4.48. The number of rotatable bonds is 6. The second-order valence-corrected chi connectivity index (χ2v) is 4.48. The molecule has 1 unspecified atom stereocenters. The Morgan fingerprint density at radius 1 is 1.42 bits per heavy atom. The number of ether oxygens (including phenoxy) is 1. The van der Waals surface area contributed by atoms with Gasteiger partial charge in [-0.05, 0) is 12.3 Å². The Kier molecular flexibility index (Phi) is 5.36. The molecule has 0 saturated carbocycles. The van der Waals surface area contributed by atoms with Gasteiger partial charge in [0.1, 0.15) is 23.5 Å². The van der Waals surface area contributed by atoms with Crippen LogP contribution in [0.1, 0.15) is 32.3 Å². The number of esters is 1. The molecule has 104 valence electrons.